The topological polar surface area (TPSA) is 50.2 Å². The smallest absolute Gasteiger partial charge is 0.274 e. The van der Waals surface area contributed by atoms with Gasteiger partial charge in [-0.1, -0.05) is 0 Å². The van der Waals surface area contributed by atoms with Crippen LogP contribution in [0.2, 0.25) is 0 Å². The molecule has 0 spiro atoms. The Balaban J connectivity index is 0.00000182. The van der Waals surface area contributed by atoms with E-state index in [1.165, 1.54) is 31.4 Å². The zero-order valence-electron chi connectivity index (χ0n) is 15.8. The summed E-state index contributed by atoms with van der Waals surface area (Å²) < 4.78 is 2.08. The van der Waals surface area contributed by atoms with Gasteiger partial charge in [0.25, 0.3) is 5.91 Å². The second-order valence-electron chi connectivity index (χ2n) is 8.99. The standard InChI is InChI=1S/C19H30N4O.ClH/c1-19(2,3)23-17(12-5-6-12)11-16(21-23)18(24)22(4)15-9-13-7-8-14(10-15)20-13;/h11-15,20H,5-10H2,1-4H3;1H. The first-order chi connectivity index (χ1) is 11.3. The first-order valence-electron chi connectivity index (χ1n) is 9.46. The van der Waals surface area contributed by atoms with Crippen molar-refractivity contribution in [2.45, 2.75) is 88.9 Å². The summed E-state index contributed by atoms with van der Waals surface area (Å²) in [7, 11) is 1.96. The Bertz CT molecular complexity index is 634. The van der Waals surface area contributed by atoms with Gasteiger partial charge >= 0.3 is 0 Å². The van der Waals surface area contributed by atoms with Gasteiger partial charge in [0.05, 0.1) is 5.54 Å². The molecule has 1 N–H and O–H groups in total. The minimum atomic E-state index is -0.0805. The summed E-state index contributed by atoms with van der Waals surface area (Å²) in [5.41, 5.74) is 1.79. The highest BCUT2D eigenvalue weighted by Gasteiger charge is 2.38. The molecule has 1 aliphatic carbocycles. The van der Waals surface area contributed by atoms with Crippen molar-refractivity contribution >= 4 is 18.3 Å². The average Bonchev–Trinajstić information content (AvgIpc) is 3.18. The fourth-order valence-corrected chi connectivity index (χ4v) is 4.40. The number of aromatic nitrogens is 2. The highest BCUT2D eigenvalue weighted by atomic mass is 35.5. The predicted molar refractivity (Wildman–Crippen MR) is 102 cm³/mol. The van der Waals surface area contributed by atoms with Crippen molar-refractivity contribution < 1.29 is 4.79 Å². The molecule has 3 heterocycles. The molecule has 6 heteroatoms. The summed E-state index contributed by atoms with van der Waals surface area (Å²) >= 11 is 0. The maximum absolute atomic E-state index is 13.0. The number of fused-ring (bicyclic) bond motifs is 2. The van der Waals surface area contributed by atoms with Crippen LogP contribution in [0.15, 0.2) is 6.07 Å². The number of rotatable bonds is 3. The number of carbonyl (C=O) groups is 1. The van der Waals surface area contributed by atoms with E-state index in [1.807, 2.05) is 11.9 Å². The number of piperidine rings is 1. The summed E-state index contributed by atoms with van der Waals surface area (Å²) in [4.78, 5) is 15.0. The van der Waals surface area contributed by atoms with Gasteiger partial charge in [-0.25, -0.2) is 0 Å². The fraction of sp³-hybridized carbons (Fsp3) is 0.789. The maximum Gasteiger partial charge on any atom is 0.274 e. The van der Waals surface area contributed by atoms with Crippen molar-refractivity contribution in [1.82, 2.24) is 20.0 Å². The van der Waals surface area contributed by atoms with Crippen LogP contribution in [0.1, 0.15) is 81.4 Å². The molecule has 2 saturated heterocycles. The summed E-state index contributed by atoms with van der Waals surface area (Å²) in [5, 5.41) is 8.37. The van der Waals surface area contributed by atoms with Gasteiger partial charge in [-0.05, 0) is 65.4 Å². The Labute approximate surface area is 156 Å². The maximum atomic E-state index is 13.0. The molecule has 1 amide bonds. The van der Waals surface area contributed by atoms with Gasteiger partial charge in [0.2, 0.25) is 0 Å². The highest BCUT2D eigenvalue weighted by molar-refractivity contribution is 5.92. The molecule has 3 fully saturated rings. The van der Waals surface area contributed by atoms with Crippen LogP contribution in [0.3, 0.4) is 0 Å². The lowest BCUT2D eigenvalue weighted by atomic mass is 9.98. The predicted octanol–water partition coefficient (Wildman–Crippen LogP) is 3.29. The van der Waals surface area contributed by atoms with E-state index >= 15 is 0 Å². The zero-order valence-corrected chi connectivity index (χ0v) is 16.6. The van der Waals surface area contributed by atoms with E-state index in [1.54, 1.807) is 0 Å². The van der Waals surface area contributed by atoms with E-state index in [-0.39, 0.29) is 23.9 Å². The molecule has 0 radical (unpaired) electrons. The van der Waals surface area contributed by atoms with Gasteiger partial charge in [-0.3, -0.25) is 9.48 Å². The Morgan fingerprint density at radius 2 is 1.80 bits per heavy atom. The van der Waals surface area contributed by atoms with Crippen LogP contribution < -0.4 is 5.32 Å². The van der Waals surface area contributed by atoms with Gasteiger partial charge in [-0.2, -0.15) is 5.10 Å². The van der Waals surface area contributed by atoms with Crippen LogP contribution in [-0.4, -0.2) is 45.8 Å². The van der Waals surface area contributed by atoms with E-state index in [9.17, 15) is 4.79 Å². The largest absolute Gasteiger partial charge is 0.337 e. The minimum absolute atomic E-state index is 0. The zero-order chi connectivity index (χ0) is 17.1. The van der Waals surface area contributed by atoms with Crippen LogP contribution >= 0.6 is 12.4 Å². The van der Waals surface area contributed by atoms with Gasteiger partial charge < -0.3 is 10.2 Å². The molecular formula is C19H31ClN4O. The monoisotopic (exact) mass is 366 g/mol. The van der Waals surface area contributed by atoms with Gasteiger partial charge in [0.15, 0.2) is 5.69 Å². The fourth-order valence-electron chi connectivity index (χ4n) is 4.40. The number of amides is 1. The first-order valence-corrected chi connectivity index (χ1v) is 9.46. The summed E-state index contributed by atoms with van der Waals surface area (Å²) in [6.07, 6.45) is 7.12. The molecule has 25 heavy (non-hydrogen) atoms. The van der Waals surface area contributed by atoms with Gasteiger partial charge in [0.1, 0.15) is 0 Å². The summed E-state index contributed by atoms with van der Waals surface area (Å²) in [6.45, 7) is 6.48. The van der Waals surface area contributed by atoms with E-state index in [2.05, 4.69) is 36.8 Å². The van der Waals surface area contributed by atoms with Crippen molar-refractivity contribution in [3.05, 3.63) is 17.5 Å². The molecule has 140 valence electrons. The summed E-state index contributed by atoms with van der Waals surface area (Å²) in [5.74, 6) is 0.685. The first kappa shape index (κ1) is 18.7. The van der Waals surface area contributed by atoms with Crippen LogP contribution in [-0.2, 0) is 5.54 Å². The molecule has 1 aromatic rings. The molecule has 2 aliphatic heterocycles. The number of halogens is 1. The third-order valence-corrected chi connectivity index (χ3v) is 5.90. The van der Waals surface area contributed by atoms with E-state index in [4.69, 9.17) is 5.10 Å². The SMILES string of the molecule is CN(C(=O)c1cc(C2CC2)n(C(C)(C)C)n1)C1CC2CCC(C1)N2.Cl. The van der Waals surface area contributed by atoms with Crippen LogP contribution in [0, 0.1) is 0 Å². The van der Waals surface area contributed by atoms with Crippen molar-refractivity contribution in [2.75, 3.05) is 7.05 Å². The molecule has 3 aliphatic rings. The van der Waals surface area contributed by atoms with Crippen LogP contribution in [0.25, 0.3) is 0 Å². The number of nitrogens with one attached hydrogen (secondary N) is 1. The quantitative estimate of drug-likeness (QED) is 0.892. The summed E-state index contributed by atoms with van der Waals surface area (Å²) in [6, 6.07) is 3.59. The van der Waals surface area contributed by atoms with E-state index in [0.717, 1.165) is 12.8 Å². The second kappa shape index (κ2) is 6.58. The molecule has 5 nitrogen and oxygen atoms in total. The Morgan fingerprint density at radius 3 is 2.32 bits per heavy atom. The van der Waals surface area contributed by atoms with Crippen molar-refractivity contribution in [3.63, 3.8) is 0 Å². The lowest BCUT2D eigenvalue weighted by Gasteiger charge is -2.35. The number of hydrogen-bond acceptors (Lipinski definition) is 3. The third-order valence-electron chi connectivity index (χ3n) is 5.90. The number of nitrogens with zero attached hydrogens (tertiary/aromatic N) is 3. The molecular weight excluding hydrogens is 336 g/mol. The highest BCUT2D eigenvalue weighted by Crippen LogP contribution is 2.42. The van der Waals surface area contributed by atoms with E-state index < -0.39 is 0 Å². The second-order valence-corrected chi connectivity index (χ2v) is 8.99. The Morgan fingerprint density at radius 1 is 1.20 bits per heavy atom. The van der Waals surface area contributed by atoms with Gasteiger partial charge in [0, 0.05) is 36.8 Å². The Hall–Kier alpha value is -1.07. The number of hydrogen-bond donors (Lipinski definition) is 1. The molecule has 1 saturated carbocycles. The van der Waals surface area contributed by atoms with Crippen LogP contribution in [0.5, 0.6) is 0 Å². The molecule has 0 aromatic carbocycles. The molecule has 2 bridgehead atoms. The normalized spacial score (nSPS) is 28.6. The molecule has 4 rings (SSSR count). The molecule has 2 atom stereocenters. The van der Waals surface area contributed by atoms with E-state index in [0.29, 0.717) is 29.7 Å². The third kappa shape index (κ3) is 3.59. The molecule has 2 unspecified atom stereocenters. The van der Waals surface area contributed by atoms with Crippen LogP contribution in [0.4, 0.5) is 0 Å². The lowest BCUT2D eigenvalue weighted by Crippen LogP contribution is -2.48. The lowest BCUT2D eigenvalue weighted by molar-refractivity contribution is 0.0674. The Kier molecular flexibility index (Phi) is 4.93. The number of carbonyl (C=O) groups excluding carboxylic acids is 1. The minimum Gasteiger partial charge on any atom is -0.337 e. The van der Waals surface area contributed by atoms with Gasteiger partial charge in [-0.15, -0.1) is 12.4 Å². The molecule has 1 aromatic heterocycles. The van der Waals surface area contributed by atoms with Crippen molar-refractivity contribution in [2.24, 2.45) is 0 Å². The van der Waals surface area contributed by atoms with Crippen molar-refractivity contribution in [1.29, 1.82) is 0 Å². The average molecular weight is 367 g/mol. The van der Waals surface area contributed by atoms with Crippen molar-refractivity contribution in [3.8, 4) is 0 Å².